The van der Waals surface area contributed by atoms with Crippen molar-refractivity contribution >= 4 is 11.5 Å². The van der Waals surface area contributed by atoms with Gasteiger partial charge in [0.05, 0.1) is 5.69 Å². The van der Waals surface area contributed by atoms with Crippen LogP contribution in [-0.4, -0.2) is 16.8 Å². The third-order valence-corrected chi connectivity index (χ3v) is 3.35. The van der Waals surface area contributed by atoms with E-state index in [0.29, 0.717) is 5.56 Å². The molecule has 0 spiro atoms. The van der Waals surface area contributed by atoms with E-state index in [9.17, 15) is 5.26 Å². The van der Waals surface area contributed by atoms with E-state index in [-0.39, 0.29) is 0 Å². The van der Waals surface area contributed by atoms with Crippen LogP contribution in [0.15, 0.2) is 24.3 Å². The number of anilines is 2. The molecule has 0 bridgehead atoms. The summed E-state index contributed by atoms with van der Waals surface area (Å²) in [6, 6.07) is 10.6. The molecular weight excluding hydrogens is 236 g/mol. The molecule has 0 aliphatic rings. The van der Waals surface area contributed by atoms with Gasteiger partial charge in [-0.2, -0.15) is 10.4 Å². The molecule has 0 aliphatic heterocycles. The van der Waals surface area contributed by atoms with Gasteiger partial charge in [0, 0.05) is 19.8 Å². The third kappa shape index (κ3) is 2.32. The molecule has 19 heavy (non-hydrogen) atoms. The van der Waals surface area contributed by atoms with Gasteiger partial charge in [0.15, 0.2) is 0 Å². The summed E-state index contributed by atoms with van der Waals surface area (Å²) in [7, 11) is 3.82. The van der Waals surface area contributed by atoms with Gasteiger partial charge in [-0.25, -0.2) is 0 Å². The topological polar surface area (TPSA) is 44.9 Å². The molecule has 2 aromatic rings. The molecule has 0 N–H and O–H groups in total. The van der Waals surface area contributed by atoms with E-state index in [1.165, 1.54) is 5.56 Å². The molecule has 98 valence electrons. The average molecular weight is 254 g/mol. The zero-order chi connectivity index (χ0) is 14.0. The first-order valence-corrected chi connectivity index (χ1v) is 6.34. The van der Waals surface area contributed by atoms with Gasteiger partial charge in [-0.05, 0) is 31.0 Å². The molecule has 0 saturated carbocycles. The predicted molar refractivity (Wildman–Crippen MR) is 76.5 cm³/mol. The lowest BCUT2D eigenvalue weighted by atomic mass is 10.1. The molecule has 2 rings (SSSR count). The van der Waals surface area contributed by atoms with Gasteiger partial charge in [0.1, 0.15) is 17.5 Å². The van der Waals surface area contributed by atoms with Crippen LogP contribution in [-0.2, 0) is 13.5 Å². The van der Waals surface area contributed by atoms with Crippen LogP contribution in [0.1, 0.15) is 23.7 Å². The summed E-state index contributed by atoms with van der Waals surface area (Å²) in [5, 5.41) is 13.6. The van der Waals surface area contributed by atoms with Crippen molar-refractivity contribution in [1.29, 1.82) is 5.26 Å². The van der Waals surface area contributed by atoms with Crippen molar-refractivity contribution in [2.75, 3.05) is 11.9 Å². The largest absolute Gasteiger partial charge is 0.329 e. The van der Waals surface area contributed by atoms with Crippen LogP contribution in [0.3, 0.4) is 0 Å². The quantitative estimate of drug-likeness (QED) is 0.846. The zero-order valence-corrected chi connectivity index (χ0v) is 11.8. The van der Waals surface area contributed by atoms with Crippen LogP contribution in [0.2, 0.25) is 0 Å². The molecule has 0 aliphatic carbocycles. The maximum absolute atomic E-state index is 9.26. The van der Waals surface area contributed by atoms with E-state index in [1.54, 1.807) is 4.68 Å². The van der Waals surface area contributed by atoms with Gasteiger partial charge in [0.25, 0.3) is 0 Å². The highest BCUT2D eigenvalue weighted by molar-refractivity contribution is 5.66. The second-order valence-corrected chi connectivity index (χ2v) is 4.60. The fourth-order valence-electron chi connectivity index (χ4n) is 2.24. The summed E-state index contributed by atoms with van der Waals surface area (Å²) >= 11 is 0. The molecule has 0 fully saturated rings. The van der Waals surface area contributed by atoms with E-state index < -0.39 is 0 Å². The van der Waals surface area contributed by atoms with Crippen molar-refractivity contribution in [3.63, 3.8) is 0 Å². The van der Waals surface area contributed by atoms with Crippen molar-refractivity contribution in [2.24, 2.45) is 7.05 Å². The minimum atomic E-state index is 0.629. The summed E-state index contributed by atoms with van der Waals surface area (Å²) < 4.78 is 1.75. The number of rotatable bonds is 3. The monoisotopic (exact) mass is 254 g/mol. The highest BCUT2D eigenvalue weighted by Gasteiger charge is 2.17. The molecule has 1 heterocycles. The summed E-state index contributed by atoms with van der Waals surface area (Å²) in [6.45, 7) is 3.99. The lowest BCUT2D eigenvalue weighted by Crippen LogP contribution is -2.14. The zero-order valence-electron chi connectivity index (χ0n) is 11.8. The van der Waals surface area contributed by atoms with Crippen LogP contribution in [0.5, 0.6) is 0 Å². The summed E-state index contributed by atoms with van der Waals surface area (Å²) in [4.78, 5) is 2.00. The number of hydrogen-bond donors (Lipinski definition) is 0. The Kier molecular flexibility index (Phi) is 3.57. The lowest BCUT2D eigenvalue weighted by Gasteiger charge is -2.20. The number of hydrogen-bond acceptors (Lipinski definition) is 3. The maximum atomic E-state index is 9.26. The second kappa shape index (κ2) is 5.15. The Morgan fingerprint density at radius 2 is 1.95 bits per heavy atom. The molecule has 4 heteroatoms. The SMILES string of the molecule is CCc1ccc(N(C)c2c(C#N)c(C)nn2C)cc1. The van der Waals surface area contributed by atoms with E-state index in [1.807, 2.05) is 25.9 Å². The van der Waals surface area contributed by atoms with Crippen molar-refractivity contribution in [3.05, 3.63) is 41.1 Å². The van der Waals surface area contributed by atoms with Gasteiger partial charge in [-0.15, -0.1) is 0 Å². The van der Waals surface area contributed by atoms with Gasteiger partial charge < -0.3 is 4.90 Å². The smallest absolute Gasteiger partial charge is 0.149 e. The van der Waals surface area contributed by atoms with Gasteiger partial charge in [0.2, 0.25) is 0 Å². The normalized spacial score (nSPS) is 10.3. The summed E-state index contributed by atoms with van der Waals surface area (Å²) in [5.41, 5.74) is 3.75. The number of nitriles is 1. The van der Waals surface area contributed by atoms with Crippen LogP contribution < -0.4 is 4.90 Å². The number of benzene rings is 1. The van der Waals surface area contributed by atoms with Crippen molar-refractivity contribution < 1.29 is 0 Å². The van der Waals surface area contributed by atoms with Crippen molar-refractivity contribution in [3.8, 4) is 6.07 Å². The van der Waals surface area contributed by atoms with E-state index in [0.717, 1.165) is 23.6 Å². The third-order valence-electron chi connectivity index (χ3n) is 3.35. The minimum Gasteiger partial charge on any atom is -0.329 e. The number of nitrogens with zero attached hydrogens (tertiary/aromatic N) is 4. The molecule has 0 radical (unpaired) electrons. The Morgan fingerprint density at radius 3 is 2.47 bits per heavy atom. The molecule has 4 nitrogen and oxygen atoms in total. The molecule has 1 aromatic carbocycles. The molecule has 0 unspecified atom stereocenters. The van der Waals surface area contributed by atoms with Crippen LogP contribution in [0.25, 0.3) is 0 Å². The maximum Gasteiger partial charge on any atom is 0.149 e. The van der Waals surface area contributed by atoms with Gasteiger partial charge in [-0.1, -0.05) is 19.1 Å². The van der Waals surface area contributed by atoms with Crippen molar-refractivity contribution in [2.45, 2.75) is 20.3 Å². The highest BCUT2D eigenvalue weighted by Crippen LogP contribution is 2.28. The fourth-order valence-corrected chi connectivity index (χ4v) is 2.24. The summed E-state index contributed by atoms with van der Waals surface area (Å²) in [5.74, 6) is 0.823. The van der Waals surface area contributed by atoms with Crippen LogP contribution >= 0.6 is 0 Å². The number of aromatic nitrogens is 2. The van der Waals surface area contributed by atoms with Crippen LogP contribution in [0, 0.1) is 18.3 Å². The first-order valence-electron chi connectivity index (χ1n) is 6.34. The van der Waals surface area contributed by atoms with Crippen LogP contribution in [0.4, 0.5) is 11.5 Å². The van der Waals surface area contributed by atoms with Crippen molar-refractivity contribution in [1.82, 2.24) is 9.78 Å². The summed E-state index contributed by atoms with van der Waals surface area (Å²) in [6.07, 6.45) is 1.03. The van der Waals surface area contributed by atoms with E-state index >= 15 is 0 Å². The Bertz CT molecular complexity index is 617. The fraction of sp³-hybridized carbons (Fsp3) is 0.333. The molecule has 0 amide bonds. The lowest BCUT2D eigenvalue weighted by molar-refractivity contribution is 0.750. The first kappa shape index (κ1) is 13.2. The van der Waals surface area contributed by atoms with Gasteiger partial charge in [-0.3, -0.25) is 4.68 Å². The highest BCUT2D eigenvalue weighted by atomic mass is 15.4. The van der Waals surface area contributed by atoms with E-state index in [2.05, 4.69) is 42.4 Å². The average Bonchev–Trinajstić information content (AvgIpc) is 2.72. The Balaban J connectivity index is 2.44. The molecule has 0 atom stereocenters. The molecular formula is C15H18N4. The number of aryl methyl sites for hydroxylation is 3. The molecule has 1 aromatic heterocycles. The minimum absolute atomic E-state index is 0.629. The van der Waals surface area contributed by atoms with Gasteiger partial charge >= 0.3 is 0 Å². The Morgan fingerprint density at radius 1 is 1.32 bits per heavy atom. The van der Waals surface area contributed by atoms with E-state index in [4.69, 9.17) is 0 Å². The predicted octanol–water partition coefficient (Wildman–Crippen LogP) is 2.93. The standard InChI is InChI=1S/C15H18N4/c1-5-12-6-8-13(9-7-12)18(3)15-14(10-16)11(2)17-19(15)4/h6-9H,5H2,1-4H3. The Hall–Kier alpha value is -2.28. The Labute approximate surface area is 113 Å². The first-order chi connectivity index (χ1) is 9.08. The second-order valence-electron chi connectivity index (χ2n) is 4.60. The molecule has 0 saturated heterocycles.